The molecule has 2 rings (SSSR count). The molecule has 2 aromatic rings. The summed E-state index contributed by atoms with van der Waals surface area (Å²) in [5.41, 5.74) is 0.757. The van der Waals surface area contributed by atoms with Crippen LogP contribution < -0.4 is 9.47 Å². The van der Waals surface area contributed by atoms with Gasteiger partial charge in [0, 0.05) is 17.2 Å². The highest BCUT2D eigenvalue weighted by Gasteiger charge is 2.11. The molecule has 3 nitrogen and oxygen atoms in total. The number of hydrogen-bond donors (Lipinski definition) is 1. The Bertz CT molecular complexity index is 577. The lowest BCUT2D eigenvalue weighted by atomic mass is 10.2. The first-order valence-corrected chi connectivity index (χ1v) is 5.99. The Labute approximate surface area is 115 Å². The molecule has 2 aromatic carbocycles. The smallest absolute Gasteiger partial charge is 0.167 e. The minimum Gasteiger partial charge on any atom is -0.493 e. The van der Waals surface area contributed by atoms with E-state index >= 15 is 0 Å². The van der Waals surface area contributed by atoms with Gasteiger partial charge in [-0.15, -0.1) is 0 Å². The van der Waals surface area contributed by atoms with E-state index in [0.717, 1.165) is 12.1 Å². The molecule has 0 aromatic heterocycles. The molecule has 0 radical (unpaired) electrons. The minimum absolute atomic E-state index is 0.0838. The molecule has 0 unspecified atom stereocenters. The third-order valence-corrected chi connectivity index (χ3v) is 2.84. The molecule has 0 atom stereocenters. The summed E-state index contributed by atoms with van der Waals surface area (Å²) in [7, 11) is 1.47. The summed E-state index contributed by atoms with van der Waals surface area (Å²) >= 11 is 0. The van der Waals surface area contributed by atoms with E-state index in [2.05, 4.69) is 0 Å². The lowest BCUT2D eigenvalue weighted by Gasteiger charge is -2.14. The number of rotatable bonds is 5. The van der Waals surface area contributed by atoms with E-state index in [-0.39, 0.29) is 18.8 Å². The van der Waals surface area contributed by atoms with Crippen LogP contribution in [-0.2, 0) is 13.2 Å². The second kappa shape index (κ2) is 6.34. The second-order valence-corrected chi connectivity index (χ2v) is 4.13. The number of benzene rings is 2. The lowest BCUT2D eigenvalue weighted by molar-refractivity contribution is 0.247. The van der Waals surface area contributed by atoms with E-state index < -0.39 is 11.6 Å². The van der Waals surface area contributed by atoms with E-state index in [9.17, 15) is 13.9 Å². The molecule has 0 aliphatic rings. The van der Waals surface area contributed by atoms with Crippen molar-refractivity contribution < 1.29 is 23.4 Å². The summed E-state index contributed by atoms with van der Waals surface area (Å²) < 4.78 is 37.0. The summed E-state index contributed by atoms with van der Waals surface area (Å²) in [6.07, 6.45) is 0. The average molecular weight is 280 g/mol. The van der Waals surface area contributed by atoms with Crippen LogP contribution in [0.25, 0.3) is 0 Å². The molecule has 5 heteroatoms. The summed E-state index contributed by atoms with van der Waals surface area (Å²) in [6.45, 7) is -0.308. The van der Waals surface area contributed by atoms with E-state index in [1.165, 1.54) is 13.2 Å². The zero-order valence-electron chi connectivity index (χ0n) is 10.9. The molecule has 0 spiro atoms. The van der Waals surface area contributed by atoms with Gasteiger partial charge in [0.15, 0.2) is 11.5 Å². The minimum atomic E-state index is -0.676. The number of aliphatic hydroxyl groups is 1. The number of ether oxygens (including phenoxy) is 2. The summed E-state index contributed by atoms with van der Waals surface area (Å²) in [6, 6.07) is 8.35. The molecule has 0 fully saturated rings. The third kappa shape index (κ3) is 3.05. The fourth-order valence-electron chi connectivity index (χ4n) is 1.80. The van der Waals surface area contributed by atoms with Crippen LogP contribution in [0.15, 0.2) is 36.4 Å². The predicted molar refractivity (Wildman–Crippen MR) is 69.6 cm³/mol. The maximum absolute atomic E-state index is 13.5. The van der Waals surface area contributed by atoms with Crippen molar-refractivity contribution in [3.05, 3.63) is 59.2 Å². The zero-order valence-corrected chi connectivity index (χ0v) is 10.9. The van der Waals surface area contributed by atoms with Crippen LogP contribution in [0.3, 0.4) is 0 Å². The lowest BCUT2D eigenvalue weighted by Crippen LogP contribution is -2.03. The van der Waals surface area contributed by atoms with Crippen molar-refractivity contribution in [1.29, 1.82) is 0 Å². The van der Waals surface area contributed by atoms with Gasteiger partial charge < -0.3 is 14.6 Å². The Morgan fingerprint density at radius 3 is 2.55 bits per heavy atom. The van der Waals surface area contributed by atoms with Crippen LogP contribution in [0.1, 0.15) is 11.1 Å². The first-order valence-electron chi connectivity index (χ1n) is 5.99. The molecule has 1 N–H and O–H groups in total. The Hall–Kier alpha value is -2.14. The van der Waals surface area contributed by atoms with Gasteiger partial charge >= 0.3 is 0 Å². The molecular formula is C15H14F2O3. The number of hydrogen-bond acceptors (Lipinski definition) is 3. The zero-order chi connectivity index (χ0) is 14.5. The van der Waals surface area contributed by atoms with Crippen LogP contribution in [0, 0.1) is 11.6 Å². The molecule has 0 aliphatic heterocycles. The van der Waals surface area contributed by atoms with Crippen molar-refractivity contribution in [3.63, 3.8) is 0 Å². The van der Waals surface area contributed by atoms with Crippen LogP contribution in [0.4, 0.5) is 8.78 Å². The summed E-state index contributed by atoms with van der Waals surface area (Å²) in [5, 5.41) is 9.27. The predicted octanol–water partition coefficient (Wildman–Crippen LogP) is 3.04. The number of methoxy groups -OCH3 is 1. The van der Waals surface area contributed by atoms with Crippen LogP contribution in [0.2, 0.25) is 0 Å². The topological polar surface area (TPSA) is 38.7 Å². The highest BCUT2D eigenvalue weighted by Crippen LogP contribution is 2.32. The van der Waals surface area contributed by atoms with E-state index in [1.54, 1.807) is 18.2 Å². The standard InChI is InChI=1S/C15H14F2O3/c1-19-14-4-2-3-10(8-18)15(14)20-9-11-5-6-12(16)7-13(11)17/h2-7,18H,8-9H2,1H3. The molecular weight excluding hydrogens is 266 g/mol. The summed E-state index contributed by atoms with van der Waals surface area (Å²) in [4.78, 5) is 0. The normalized spacial score (nSPS) is 10.4. The van der Waals surface area contributed by atoms with Gasteiger partial charge in [-0.05, 0) is 18.2 Å². The van der Waals surface area contributed by atoms with Crippen molar-refractivity contribution in [1.82, 2.24) is 0 Å². The summed E-state index contributed by atoms with van der Waals surface area (Å²) in [5.74, 6) is -0.523. The molecule has 0 saturated carbocycles. The van der Waals surface area contributed by atoms with Gasteiger partial charge in [0.1, 0.15) is 18.2 Å². The molecule has 20 heavy (non-hydrogen) atoms. The fourth-order valence-corrected chi connectivity index (χ4v) is 1.80. The monoisotopic (exact) mass is 280 g/mol. The van der Waals surface area contributed by atoms with Crippen LogP contribution in [-0.4, -0.2) is 12.2 Å². The van der Waals surface area contributed by atoms with Gasteiger partial charge in [-0.2, -0.15) is 0 Å². The van der Waals surface area contributed by atoms with Crippen molar-refractivity contribution in [2.75, 3.05) is 7.11 Å². The maximum atomic E-state index is 13.5. The van der Waals surface area contributed by atoms with Gasteiger partial charge in [0.05, 0.1) is 13.7 Å². The Morgan fingerprint density at radius 1 is 1.10 bits per heavy atom. The first kappa shape index (κ1) is 14.3. The Balaban J connectivity index is 2.22. The average Bonchev–Trinajstić information content (AvgIpc) is 2.46. The second-order valence-electron chi connectivity index (χ2n) is 4.13. The van der Waals surface area contributed by atoms with Crippen molar-refractivity contribution in [2.24, 2.45) is 0 Å². The Kier molecular flexibility index (Phi) is 4.53. The fraction of sp³-hybridized carbons (Fsp3) is 0.200. The number of aliphatic hydroxyl groups excluding tert-OH is 1. The molecule has 0 aliphatic carbocycles. The van der Waals surface area contributed by atoms with Crippen molar-refractivity contribution >= 4 is 0 Å². The van der Waals surface area contributed by atoms with Crippen molar-refractivity contribution in [2.45, 2.75) is 13.2 Å². The SMILES string of the molecule is COc1cccc(CO)c1OCc1ccc(F)cc1F. The first-order chi connectivity index (χ1) is 9.65. The largest absolute Gasteiger partial charge is 0.493 e. The highest BCUT2D eigenvalue weighted by molar-refractivity contribution is 5.46. The quantitative estimate of drug-likeness (QED) is 0.915. The maximum Gasteiger partial charge on any atom is 0.167 e. The molecule has 0 saturated heterocycles. The van der Waals surface area contributed by atoms with Gasteiger partial charge in [-0.1, -0.05) is 12.1 Å². The molecule has 0 heterocycles. The molecule has 0 bridgehead atoms. The van der Waals surface area contributed by atoms with E-state index in [4.69, 9.17) is 9.47 Å². The van der Waals surface area contributed by atoms with Crippen LogP contribution >= 0.6 is 0 Å². The van der Waals surface area contributed by atoms with E-state index in [0.29, 0.717) is 17.1 Å². The number of halogens is 2. The third-order valence-electron chi connectivity index (χ3n) is 2.84. The van der Waals surface area contributed by atoms with Crippen molar-refractivity contribution in [3.8, 4) is 11.5 Å². The molecule has 106 valence electrons. The van der Waals surface area contributed by atoms with Gasteiger partial charge in [0.25, 0.3) is 0 Å². The van der Waals surface area contributed by atoms with Gasteiger partial charge in [0.2, 0.25) is 0 Å². The van der Waals surface area contributed by atoms with Crippen LogP contribution in [0.5, 0.6) is 11.5 Å². The van der Waals surface area contributed by atoms with E-state index in [1.807, 2.05) is 0 Å². The number of para-hydroxylation sites is 1. The Morgan fingerprint density at radius 2 is 1.90 bits per heavy atom. The molecule has 0 amide bonds. The van der Waals surface area contributed by atoms with Gasteiger partial charge in [-0.3, -0.25) is 0 Å². The van der Waals surface area contributed by atoms with Gasteiger partial charge in [-0.25, -0.2) is 8.78 Å². The highest BCUT2D eigenvalue weighted by atomic mass is 19.1.